The zero-order valence-electron chi connectivity index (χ0n) is 29.4. The molecule has 47 heavy (non-hydrogen) atoms. The molecule has 0 aliphatic carbocycles. The number of nitrogens with zero attached hydrogens (tertiary/aromatic N) is 6. The number of hydrogen-bond acceptors (Lipinski definition) is 10. The fourth-order valence-corrected chi connectivity index (χ4v) is 3.26. The van der Waals surface area contributed by atoms with Crippen molar-refractivity contribution in [2.45, 2.75) is 33.7 Å². The number of rotatable bonds is 19. The topological polar surface area (TPSA) is 209 Å². The van der Waals surface area contributed by atoms with E-state index in [1.165, 1.54) is 47.2 Å². The number of likely N-dealkylation sites (N-methyl/N-ethyl adjacent to an activating group) is 6. The Bertz CT molecular complexity index is 1100. The highest BCUT2D eigenvalue weighted by Gasteiger charge is 2.23. The van der Waals surface area contributed by atoms with Gasteiger partial charge in [-0.1, -0.05) is 27.7 Å². The Hall–Kier alpha value is -4.61. The first-order valence-corrected chi connectivity index (χ1v) is 15.0. The molecule has 268 valence electrons. The second-order valence-electron chi connectivity index (χ2n) is 10.8. The summed E-state index contributed by atoms with van der Waals surface area (Å²) in [7, 11) is 8.27. The molecule has 0 aromatic rings. The van der Waals surface area contributed by atoms with Crippen molar-refractivity contribution >= 4 is 53.5 Å². The predicted molar refractivity (Wildman–Crippen MR) is 172 cm³/mol. The molecule has 0 aliphatic rings. The standard InChI is InChI=1S/C27H47N9O9.C2H6/c1-19(2)29-11-22(40)33(5)15-26(44)36(8)18-25(43)32(4)14-21(39)30-12-23(41)34(6)16-27(45)35(7)17-24(42)31(3)13-20(38)28-9-10-37;1-2/h10,19,29H,9,11-18H2,1-8H3,(H,28,38)(H,30,39);1-2H3. The van der Waals surface area contributed by atoms with Crippen LogP contribution < -0.4 is 16.0 Å². The highest BCUT2D eigenvalue weighted by atomic mass is 16.2. The van der Waals surface area contributed by atoms with Crippen LogP contribution in [0.4, 0.5) is 0 Å². The highest BCUT2D eigenvalue weighted by molar-refractivity contribution is 5.93. The van der Waals surface area contributed by atoms with Gasteiger partial charge in [-0.25, -0.2) is 0 Å². The Morgan fingerprint density at radius 3 is 1.13 bits per heavy atom. The Labute approximate surface area is 277 Å². The molecule has 0 saturated carbocycles. The smallest absolute Gasteiger partial charge is 0.242 e. The van der Waals surface area contributed by atoms with Crippen LogP contribution in [0, 0.1) is 0 Å². The van der Waals surface area contributed by atoms with Gasteiger partial charge in [-0.15, -0.1) is 0 Å². The minimum Gasteiger partial charge on any atom is -0.348 e. The lowest BCUT2D eigenvalue weighted by molar-refractivity contribution is -0.143. The van der Waals surface area contributed by atoms with Gasteiger partial charge in [0.05, 0.1) is 58.9 Å². The van der Waals surface area contributed by atoms with Gasteiger partial charge in [0.15, 0.2) is 0 Å². The van der Waals surface area contributed by atoms with Crippen molar-refractivity contribution < 1.29 is 43.2 Å². The van der Waals surface area contributed by atoms with Crippen LogP contribution in [-0.4, -0.2) is 190 Å². The van der Waals surface area contributed by atoms with E-state index in [-0.39, 0.29) is 51.2 Å². The molecule has 0 rings (SSSR count). The number of aldehydes is 1. The monoisotopic (exact) mass is 671 g/mol. The van der Waals surface area contributed by atoms with E-state index in [1.807, 2.05) is 27.7 Å². The van der Waals surface area contributed by atoms with Gasteiger partial charge in [-0.3, -0.25) is 38.4 Å². The van der Waals surface area contributed by atoms with Gasteiger partial charge < -0.3 is 50.1 Å². The van der Waals surface area contributed by atoms with Gasteiger partial charge >= 0.3 is 0 Å². The van der Waals surface area contributed by atoms with Crippen molar-refractivity contribution in [1.29, 1.82) is 0 Å². The Kier molecular flexibility index (Phi) is 22.4. The summed E-state index contributed by atoms with van der Waals surface area (Å²) < 4.78 is 0. The molecule has 0 aromatic carbocycles. The molecule has 0 spiro atoms. The summed E-state index contributed by atoms with van der Waals surface area (Å²) in [5, 5.41) is 7.62. The average molecular weight is 672 g/mol. The molecule has 0 radical (unpaired) electrons. The zero-order valence-corrected chi connectivity index (χ0v) is 29.4. The largest absolute Gasteiger partial charge is 0.348 e. The van der Waals surface area contributed by atoms with E-state index < -0.39 is 61.0 Å². The summed E-state index contributed by atoms with van der Waals surface area (Å²) in [5.41, 5.74) is 0. The molecular weight excluding hydrogens is 618 g/mol. The third-order valence-corrected chi connectivity index (χ3v) is 6.29. The molecule has 0 bridgehead atoms. The van der Waals surface area contributed by atoms with E-state index in [1.54, 1.807) is 0 Å². The summed E-state index contributed by atoms with van der Waals surface area (Å²) >= 11 is 0. The quantitative estimate of drug-likeness (QED) is 0.114. The molecule has 0 atom stereocenters. The van der Waals surface area contributed by atoms with Crippen LogP contribution in [0.2, 0.25) is 0 Å². The van der Waals surface area contributed by atoms with E-state index >= 15 is 0 Å². The first-order valence-electron chi connectivity index (χ1n) is 15.0. The third kappa shape index (κ3) is 19.5. The molecule has 18 nitrogen and oxygen atoms in total. The number of carbonyl (C=O) groups excluding carboxylic acids is 9. The van der Waals surface area contributed by atoms with Gasteiger partial charge in [0, 0.05) is 48.3 Å². The first-order chi connectivity index (χ1) is 21.9. The Morgan fingerprint density at radius 1 is 0.489 bits per heavy atom. The highest BCUT2D eigenvalue weighted by Crippen LogP contribution is 1.96. The van der Waals surface area contributed by atoms with Crippen LogP contribution in [0.5, 0.6) is 0 Å². The van der Waals surface area contributed by atoms with E-state index in [9.17, 15) is 43.2 Å². The molecule has 0 aliphatic heterocycles. The summed E-state index contributed by atoms with van der Waals surface area (Å²) in [4.78, 5) is 115. The minimum absolute atomic E-state index is 0.0698. The summed E-state index contributed by atoms with van der Waals surface area (Å²) in [6, 6.07) is 0.100. The summed E-state index contributed by atoms with van der Waals surface area (Å²) in [6.45, 7) is 5.17. The van der Waals surface area contributed by atoms with Gasteiger partial charge in [-0.2, -0.15) is 0 Å². The van der Waals surface area contributed by atoms with Crippen molar-refractivity contribution in [1.82, 2.24) is 45.3 Å². The molecule has 3 N–H and O–H groups in total. The van der Waals surface area contributed by atoms with Crippen LogP contribution in [0.15, 0.2) is 0 Å². The normalized spacial score (nSPS) is 10.0. The van der Waals surface area contributed by atoms with Crippen LogP contribution in [0.3, 0.4) is 0 Å². The number of hydrogen-bond donors (Lipinski definition) is 3. The predicted octanol–water partition coefficient (Wildman–Crippen LogP) is -3.81. The first kappa shape index (κ1) is 44.5. The van der Waals surface area contributed by atoms with Gasteiger partial charge in [0.2, 0.25) is 47.3 Å². The van der Waals surface area contributed by atoms with E-state index in [0.717, 1.165) is 24.5 Å². The summed E-state index contributed by atoms with van der Waals surface area (Å²) in [5.74, 6) is -4.21. The van der Waals surface area contributed by atoms with Gasteiger partial charge in [0.25, 0.3) is 0 Å². The van der Waals surface area contributed by atoms with Crippen molar-refractivity contribution in [3.8, 4) is 0 Å². The molecule has 0 fully saturated rings. The van der Waals surface area contributed by atoms with Crippen LogP contribution >= 0.6 is 0 Å². The SMILES string of the molecule is CC.CC(C)NCC(=O)N(C)CC(=O)N(C)CC(=O)N(C)CC(=O)NCC(=O)N(C)CC(=O)N(C)CC(=O)N(C)CC(=O)NCC=O. The maximum atomic E-state index is 12.5. The van der Waals surface area contributed by atoms with Crippen LogP contribution in [-0.2, 0) is 43.2 Å². The average Bonchev–Trinajstić information content (AvgIpc) is 3.01. The maximum Gasteiger partial charge on any atom is 0.242 e. The molecule has 0 saturated heterocycles. The van der Waals surface area contributed by atoms with Crippen LogP contribution in [0.25, 0.3) is 0 Å². The second kappa shape index (κ2) is 23.7. The maximum absolute atomic E-state index is 12.5. The van der Waals surface area contributed by atoms with Crippen molar-refractivity contribution in [3.63, 3.8) is 0 Å². The molecule has 8 amide bonds. The Morgan fingerprint density at radius 2 is 0.787 bits per heavy atom. The lowest BCUT2D eigenvalue weighted by Crippen LogP contribution is -2.49. The molecular formula is C29H53N9O9. The molecule has 0 unspecified atom stereocenters. The zero-order chi connectivity index (χ0) is 36.9. The van der Waals surface area contributed by atoms with Gasteiger partial charge in [0.1, 0.15) is 6.29 Å². The molecule has 0 heterocycles. The van der Waals surface area contributed by atoms with Crippen molar-refractivity contribution in [3.05, 3.63) is 0 Å². The third-order valence-electron chi connectivity index (χ3n) is 6.29. The van der Waals surface area contributed by atoms with Gasteiger partial charge in [-0.05, 0) is 0 Å². The van der Waals surface area contributed by atoms with E-state index in [2.05, 4.69) is 16.0 Å². The van der Waals surface area contributed by atoms with Crippen molar-refractivity contribution in [2.24, 2.45) is 0 Å². The Balaban J connectivity index is 0. The molecule has 0 aromatic heterocycles. The number of carbonyl (C=O) groups is 9. The number of amides is 8. The second-order valence-corrected chi connectivity index (χ2v) is 10.8. The van der Waals surface area contributed by atoms with Crippen LogP contribution in [0.1, 0.15) is 27.7 Å². The van der Waals surface area contributed by atoms with Crippen molar-refractivity contribution in [2.75, 3.05) is 101 Å². The molecule has 18 heteroatoms. The fraction of sp³-hybridized carbons (Fsp3) is 0.690. The lowest BCUT2D eigenvalue weighted by Gasteiger charge is -2.25. The van der Waals surface area contributed by atoms with E-state index in [4.69, 9.17) is 0 Å². The minimum atomic E-state index is -0.654. The lowest BCUT2D eigenvalue weighted by atomic mass is 10.3. The number of nitrogens with one attached hydrogen (secondary N) is 3. The van der Waals surface area contributed by atoms with E-state index in [0.29, 0.717) is 6.29 Å². The fourth-order valence-electron chi connectivity index (χ4n) is 3.26. The summed E-state index contributed by atoms with van der Waals surface area (Å²) in [6.07, 6.45) is 0.501.